The molecule has 2 heteroatoms. The van der Waals surface area contributed by atoms with E-state index in [9.17, 15) is 4.79 Å². The Kier molecular flexibility index (Phi) is 4.76. The van der Waals surface area contributed by atoms with E-state index in [0.717, 1.165) is 38.0 Å². The molecule has 1 saturated carbocycles. The molecule has 0 aromatic heterocycles. The normalized spacial score (nSPS) is 27.2. The van der Waals surface area contributed by atoms with E-state index < -0.39 is 0 Å². The molecule has 0 radical (unpaired) electrons. The molecule has 0 heterocycles. The minimum atomic E-state index is -0.221. The fourth-order valence-electron chi connectivity index (χ4n) is 3.08. The number of carbonyl (C=O) groups excluding carboxylic acids is 1. The zero-order valence-corrected chi connectivity index (χ0v) is 11.9. The van der Waals surface area contributed by atoms with Crippen LogP contribution in [-0.4, -0.2) is 12.3 Å². The van der Waals surface area contributed by atoms with Crippen LogP contribution in [0.1, 0.15) is 44.6 Å². The zero-order valence-electron chi connectivity index (χ0n) is 11.9. The smallest absolute Gasteiger partial charge is 0.140 e. The number of hydrogen-bond acceptors (Lipinski definition) is 2. The van der Waals surface area contributed by atoms with Crippen molar-refractivity contribution in [3.63, 3.8) is 0 Å². The Labute approximate surface area is 116 Å². The zero-order chi connectivity index (χ0) is 13.7. The molecular weight excluding hydrogens is 234 g/mol. The van der Waals surface area contributed by atoms with Crippen molar-refractivity contribution in [3.05, 3.63) is 35.9 Å². The molecule has 0 atom stereocenters. The Morgan fingerprint density at radius 3 is 2.47 bits per heavy atom. The summed E-state index contributed by atoms with van der Waals surface area (Å²) in [7, 11) is 0. The number of aryl methyl sites for hydroxylation is 1. The van der Waals surface area contributed by atoms with Crippen LogP contribution in [0.15, 0.2) is 30.3 Å². The maximum Gasteiger partial charge on any atom is 0.140 e. The minimum absolute atomic E-state index is 0.221. The van der Waals surface area contributed by atoms with Gasteiger partial charge in [-0.2, -0.15) is 0 Å². The van der Waals surface area contributed by atoms with E-state index in [4.69, 9.17) is 5.73 Å². The summed E-state index contributed by atoms with van der Waals surface area (Å²) in [5, 5.41) is 0. The van der Waals surface area contributed by atoms with Crippen molar-refractivity contribution >= 4 is 5.78 Å². The first-order valence-electron chi connectivity index (χ1n) is 7.43. The lowest BCUT2D eigenvalue weighted by atomic mass is 9.67. The SMILES string of the molecule is CC1CCC(CN)(C(=O)CCc2ccccc2)CC1. The highest BCUT2D eigenvalue weighted by Crippen LogP contribution is 2.39. The highest BCUT2D eigenvalue weighted by molar-refractivity contribution is 5.85. The summed E-state index contributed by atoms with van der Waals surface area (Å²) >= 11 is 0. The van der Waals surface area contributed by atoms with E-state index >= 15 is 0 Å². The molecule has 2 rings (SSSR count). The second kappa shape index (κ2) is 6.33. The van der Waals surface area contributed by atoms with Crippen LogP contribution in [0.25, 0.3) is 0 Å². The van der Waals surface area contributed by atoms with Crippen LogP contribution in [0, 0.1) is 11.3 Å². The van der Waals surface area contributed by atoms with Crippen molar-refractivity contribution in [2.75, 3.05) is 6.54 Å². The van der Waals surface area contributed by atoms with Crippen LogP contribution in [-0.2, 0) is 11.2 Å². The van der Waals surface area contributed by atoms with Gasteiger partial charge in [0.15, 0.2) is 0 Å². The fourth-order valence-corrected chi connectivity index (χ4v) is 3.08. The van der Waals surface area contributed by atoms with Crippen molar-refractivity contribution in [2.45, 2.75) is 45.4 Å². The Morgan fingerprint density at radius 1 is 1.26 bits per heavy atom. The Balaban J connectivity index is 1.94. The molecule has 0 saturated heterocycles. The number of hydrogen-bond donors (Lipinski definition) is 1. The van der Waals surface area contributed by atoms with Crippen molar-refractivity contribution < 1.29 is 4.79 Å². The van der Waals surface area contributed by atoms with Gasteiger partial charge >= 0.3 is 0 Å². The van der Waals surface area contributed by atoms with Crippen molar-refractivity contribution in [1.29, 1.82) is 0 Å². The number of carbonyl (C=O) groups is 1. The van der Waals surface area contributed by atoms with Gasteiger partial charge in [0.05, 0.1) is 0 Å². The van der Waals surface area contributed by atoms with E-state index in [1.165, 1.54) is 5.56 Å². The maximum atomic E-state index is 12.6. The molecule has 1 aromatic rings. The predicted molar refractivity (Wildman–Crippen MR) is 78.9 cm³/mol. The maximum absolute atomic E-state index is 12.6. The molecule has 0 bridgehead atoms. The first kappa shape index (κ1) is 14.3. The van der Waals surface area contributed by atoms with Gasteiger partial charge in [-0.05, 0) is 43.6 Å². The first-order chi connectivity index (χ1) is 9.16. The molecule has 0 spiro atoms. The van der Waals surface area contributed by atoms with E-state index in [1.54, 1.807) is 0 Å². The third kappa shape index (κ3) is 3.44. The van der Waals surface area contributed by atoms with Crippen LogP contribution in [0.3, 0.4) is 0 Å². The number of benzene rings is 1. The summed E-state index contributed by atoms with van der Waals surface area (Å²) in [5.41, 5.74) is 6.95. The predicted octanol–water partition coefficient (Wildman–Crippen LogP) is 3.34. The second-order valence-corrected chi connectivity index (χ2v) is 6.08. The van der Waals surface area contributed by atoms with Gasteiger partial charge in [0, 0.05) is 18.4 Å². The van der Waals surface area contributed by atoms with Gasteiger partial charge in [-0.1, -0.05) is 37.3 Å². The van der Waals surface area contributed by atoms with Crippen LogP contribution < -0.4 is 5.73 Å². The molecule has 0 aliphatic heterocycles. The summed E-state index contributed by atoms with van der Waals surface area (Å²) in [6.07, 6.45) is 5.74. The van der Waals surface area contributed by atoms with Crippen molar-refractivity contribution in [2.24, 2.45) is 17.1 Å². The van der Waals surface area contributed by atoms with E-state index in [1.807, 2.05) is 18.2 Å². The van der Waals surface area contributed by atoms with E-state index in [0.29, 0.717) is 18.7 Å². The summed E-state index contributed by atoms with van der Waals surface area (Å²) in [6, 6.07) is 10.2. The molecule has 1 aromatic carbocycles. The third-order valence-corrected chi connectivity index (χ3v) is 4.70. The lowest BCUT2D eigenvalue weighted by Gasteiger charge is -2.37. The Morgan fingerprint density at radius 2 is 1.89 bits per heavy atom. The van der Waals surface area contributed by atoms with Crippen LogP contribution in [0.2, 0.25) is 0 Å². The van der Waals surface area contributed by atoms with Gasteiger partial charge in [0.1, 0.15) is 5.78 Å². The van der Waals surface area contributed by atoms with Crippen molar-refractivity contribution in [3.8, 4) is 0 Å². The number of nitrogens with two attached hydrogens (primary N) is 1. The number of rotatable bonds is 5. The molecule has 2 nitrogen and oxygen atoms in total. The van der Waals surface area contributed by atoms with Gasteiger partial charge in [-0.25, -0.2) is 0 Å². The van der Waals surface area contributed by atoms with Gasteiger partial charge in [-0.15, -0.1) is 0 Å². The summed E-state index contributed by atoms with van der Waals surface area (Å²) in [6.45, 7) is 2.79. The fraction of sp³-hybridized carbons (Fsp3) is 0.588. The van der Waals surface area contributed by atoms with Gasteiger partial charge in [0.25, 0.3) is 0 Å². The van der Waals surface area contributed by atoms with Crippen LogP contribution in [0.4, 0.5) is 0 Å². The molecule has 1 aliphatic carbocycles. The van der Waals surface area contributed by atoms with Gasteiger partial charge < -0.3 is 5.73 Å². The van der Waals surface area contributed by atoms with E-state index in [2.05, 4.69) is 19.1 Å². The molecule has 0 amide bonds. The van der Waals surface area contributed by atoms with E-state index in [-0.39, 0.29) is 5.41 Å². The number of ketones is 1. The van der Waals surface area contributed by atoms with Crippen LogP contribution >= 0.6 is 0 Å². The van der Waals surface area contributed by atoms with Crippen molar-refractivity contribution in [1.82, 2.24) is 0 Å². The molecule has 104 valence electrons. The molecule has 19 heavy (non-hydrogen) atoms. The molecule has 0 unspecified atom stereocenters. The Bertz CT molecular complexity index is 405. The number of Topliss-reactive ketones (excluding diaryl/α,β-unsaturated/α-hetero) is 1. The quantitative estimate of drug-likeness (QED) is 0.881. The lowest BCUT2D eigenvalue weighted by molar-refractivity contribution is -0.130. The minimum Gasteiger partial charge on any atom is -0.329 e. The topological polar surface area (TPSA) is 43.1 Å². The summed E-state index contributed by atoms with van der Waals surface area (Å²) in [4.78, 5) is 12.6. The average molecular weight is 259 g/mol. The summed E-state index contributed by atoms with van der Waals surface area (Å²) in [5.74, 6) is 1.13. The second-order valence-electron chi connectivity index (χ2n) is 6.08. The monoisotopic (exact) mass is 259 g/mol. The van der Waals surface area contributed by atoms with Crippen LogP contribution in [0.5, 0.6) is 0 Å². The largest absolute Gasteiger partial charge is 0.329 e. The third-order valence-electron chi connectivity index (χ3n) is 4.70. The molecule has 1 aliphatic rings. The Hall–Kier alpha value is -1.15. The molecule has 2 N–H and O–H groups in total. The standard InChI is InChI=1S/C17H25NO/c1-14-9-11-17(13-18,12-10-14)16(19)8-7-15-5-3-2-4-6-15/h2-6,14H,7-13,18H2,1H3. The average Bonchev–Trinajstić information content (AvgIpc) is 2.47. The highest BCUT2D eigenvalue weighted by atomic mass is 16.1. The van der Waals surface area contributed by atoms with Gasteiger partial charge in [0.2, 0.25) is 0 Å². The summed E-state index contributed by atoms with van der Waals surface area (Å²) < 4.78 is 0. The highest BCUT2D eigenvalue weighted by Gasteiger charge is 2.38. The molecule has 1 fully saturated rings. The first-order valence-corrected chi connectivity index (χ1v) is 7.43. The molecular formula is C17H25NO. The van der Waals surface area contributed by atoms with Gasteiger partial charge in [-0.3, -0.25) is 4.79 Å². The lowest BCUT2D eigenvalue weighted by Crippen LogP contribution is -2.41.